The first-order chi connectivity index (χ1) is 10.0. The summed E-state index contributed by atoms with van der Waals surface area (Å²) >= 11 is 0. The van der Waals surface area contributed by atoms with E-state index in [1.807, 2.05) is 44.2 Å². The highest BCUT2D eigenvalue weighted by molar-refractivity contribution is 5.79. The molecule has 0 aliphatic carbocycles. The summed E-state index contributed by atoms with van der Waals surface area (Å²) in [5.41, 5.74) is 6.20. The topological polar surface area (TPSA) is 78.4 Å². The predicted molar refractivity (Wildman–Crippen MR) is 82.6 cm³/mol. The van der Waals surface area contributed by atoms with Gasteiger partial charge in [-0.1, -0.05) is 44.9 Å². The minimum Gasteiger partial charge on any atom is -0.481 e. The Morgan fingerprint density at radius 3 is 2.48 bits per heavy atom. The number of benzene rings is 1. The van der Waals surface area contributed by atoms with Crippen LogP contribution in [0.1, 0.15) is 39.5 Å². The van der Waals surface area contributed by atoms with E-state index in [-0.39, 0.29) is 18.2 Å². The van der Waals surface area contributed by atoms with Crippen LogP contribution in [0.5, 0.6) is 0 Å². The predicted octanol–water partition coefficient (Wildman–Crippen LogP) is 3.05. The zero-order chi connectivity index (χ0) is 15.7. The number of hydrogen-bond acceptors (Lipinski definition) is 3. The second-order valence-corrected chi connectivity index (χ2v) is 5.31. The number of para-hydroxylation sites is 1. The molecule has 0 fully saturated rings. The second-order valence-electron chi connectivity index (χ2n) is 5.31. The van der Waals surface area contributed by atoms with Crippen molar-refractivity contribution in [2.75, 3.05) is 5.43 Å². The Labute approximate surface area is 125 Å². The molecule has 0 saturated carbocycles. The Morgan fingerprint density at radius 2 is 1.90 bits per heavy atom. The summed E-state index contributed by atoms with van der Waals surface area (Å²) in [6, 6.07) is 9.29. The van der Waals surface area contributed by atoms with Crippen molar-refractivity contribution in [3.63, 3.8) is 0 Å². The van der Waals surface area contributed by atoms with Gasteiger partial charge in [-0.2, -0.15) is 0 Å². The summed E-state index contributed by atoms with van der Waals surface area (Å²) < 4.78 is 0. The normalized spacial score (nSPS) is 13.2. The standard InChI is InChI=1S/C16H24N2O3/c1-3-4-10-14(16(20)21)12(2)11-15(19)18-17-13-8-6-5-7-9-13/h5-9,12,14,17H,3-4,10-11H2,1-2H3,(H,18,19)(H,20,21)/t12-,14+/m1/s1. The van der Waals surface area contributed by atoms with Crippen molar-refractivity contribution in [1.29, 1.82) is 0 Å². The van der Waals surface area contributed by atoms with Crippen LogP contribution < -0.4 is 10.9 Å². The minimum atomic E-state index is -0.820. The average Bonchev–Trinajstić information content (AvgIpc) is 2.46. The maximum absolute atomic E-state index is 11.9. The van der Waals surface area contributed by atoms with Gasteiger partial charge in [0.25, 0.3) is 0 Å². The molecule has 0 aromatic heterocycles. The molecule has 116 valence electrons. The lowest BCUT2D eigenvalue weighted by Gasteiger charge is -2.19. The van der Waals surface area contributed by atoms with Crippen molar-refractivity contribution >= 4 is 17.6 Å². The van der Waals surface area contributed by atoms with Crippen LogP contribution in [0, 0.1) is 11.8 Å². The third-order valence-electron chi connectivity index (χ3n) is 3.50. The molecular weight excluding hydrogens is 268 g/mol. The molecule has 0 bridgehead atoms. The van der Waals surface area contributed by atoms with Gasteiger partial charge in [-0.25, -0.2) is 0 Å². The van der Waals surface area contributed by atoms with Gasteiger partial charge in [0.1, 0.15) is 0 Å². The molecule has 21 heavy (non-hydrogen) atoms. The van der Waals surface area contributed by atoms with Crippen molar-refractivity contribution in [2.45, 2.75) is 39.5 Å². The number of nitrogens with one attached hydrogen (secondary N) is 2. The number of carbonyl (C=O) groups is 2. The van der Waals surface area contributed by atoms with Crippen LogP contribution in [0.2, 0.25) is 0 Å². The highest BCUT2D eigenvalue weighted by atomic mass is 16.4. The number of rotatable bonds is 9. The smallest absolute Gasteiger partial charge is 0.306 e. The Balaban J connectivity index is 2.42. The first kappa shape index (κ1) is 17.0. The number of hydrogen-bond donors (Lipinski definition) is 3. The van der Waals surface area contributed by atoms with Gasteiger partial charge in [0, 0.05) is 6.42 Å². The lowest BCUT2D eigenvalue weighted by atomic mass is 9.87. The summed E-state index contributed by atoms with van der Waals surface area (Å²) in [5, 5.41) is 9.24. The van der Waals surface area contributed by atoms with Gasteiger partial charge in [-0.05, 0) is 24.5 Å². The third-order valence-corrected chi connectivity index (χ3v) is 3.50. The van der Waals surface area contributed by atoms with E-state index in [1.54, 1.807) is 0 Å². The zero-order valence-electron chi connectivity index (χ0n) is 12.6. The van der Waals surface area contributed by atoms with Crippen molar-refractivity contribution < 1.29 is 14.7 Å². The zero-order valence-corrected chi connectivity index (χ0v) is 12.6. The fraction of sp³-hybridized carbons (Fsp3) is 0.500. The number of hydrazine groups is 1. The summed E-state index contributed by atoms with van der Waals surface area (Å²) in [6.45, 7) is 3.84. The first-order valence-electron chi connectivity index (χ1n) is 7.37. The van der Waals surface area contributed by atoms with Gasteiger partial charge >= 0.3 is 5.97 Å². The van der Waals surface area contributed by atoms with Crippen LogP contribution in [-0.4, -0.2) is 17.0 Å². The molecule has 0 heterocycles. The molecule has 5 nitrogen and oxygen atoms in total. The SMILES string of the molecule is CCCC[C@H](C(=O)O)[C@H](C)CC(=O)NNc1ccccc1. The Morgan fingerprint density at radius 1 is 1.24 bits per heavy atom. The fourth-order valence-corrected chi connectivity index (χ4v) is 2.22. The van der Waals surface area contributed by atoms with Crippen LogP contribution in [0.25, 0.3) is 0 Å². The number of carboxylic acid groups (broad SMARTS) is 1. The van der Waals surface area contributed by atoms with Crippen molar-refractivity contribution in [1.82, 2.24) is 5.43 Å². The maximum Gasteiger partial charge on any atom is 0.306 e. The molecule has 1 rings (SSSR count). The molecule has 1 aromatic carbocycles. The molecule has 3 N–H and O–H groups in total. The van der Waals surface area contributed by atoms with E-state index in [4.69, 9.17) is 0 Å². The van der Waals surface area contributed by atoms with Crippen LogP contribution >= 0.6 is 0 Å². The second kappa shape index (κ2) is 9.00. The fourth-order valence-electron chi connectivity index (χ4n) is 2.22. The van der Waals surface area contributed by atoms with Crippen molar-refractivity contribution in [2.24, 2.45) is 11.8 Å². The van der Waals surface area contributed by atoms with E-state index in [9.17, 15) is 14.7 Å². The number of aliphatic carboxylic acids is 1. The molecule has 1 amide bonds. The molecule has 0 aliphatic rings. The number of amides is 1. The van der Waals surface area contributed by atoms with Crippen LogP contribution in [0.15, 0.2) is 30.3 Å². The highest BCUT2D eigenvalue weighted by Crippen LogP contribution is 2.22. The van der Waals surface area contributed by atoms with E-state index in [0.717, 1.165) is 18.5 Å². The van der Waals surface area contributed by atoms with Crippen LogP contribution in [-0.2, 0) is 9.59 Å². The van der Waals surface area contributed by atoms with Gasteiger partial charge in [-0.3, -0.25) is 20.4 Å². The van der Waals surface area contributed by atoms with Gasteiger partial charge in [0.2, 0.25) is 5.91 Å². The van der Waals surface area contributed by atoms with Crippen LogP contribution in [0.3, 0.4) is 0 Å². The van der Waals surface area contributed by atoms with Gasteiger partial charge < -0.3 is 5.11 Å². The highest BCUT2D eigenvalue weighted by Gasteiger charge is 2.25. The molecular formula is C16H24N2O3. The Kier molecular flexibility index (Phi) is 7.29. The number of carbonyl (C=O) groups excluding carboxylic acids is 1. The molecule has 0 unspecified atom stereocenters. The number of unbranched alkanes of at least 4 members (excludes halogenated alkanes) is 1. The van der Waals surface area contributed by atoms with E-state index in [0.29, 0.717) is 6.42 Å². The third kappa shape index (κ3) is 6.29. The number of anilines is 1. The first-order valence-corrected chi connectivity index (χ1v) is 7.37. The lowest BCUT2D eigenvalue weighted by molar-refractivity contribution is -0.144. The summed E-state index contributed by atoms with van der Waals surface area (Å²) in [5.74, 6) is -1.67. The molecule has 2 atom stereocenters. The molecule has 0 aliphatic heterocycles. The molecule has 0 spiro atoms. The maximum atomic E-state index is 11.9. The molecule has 1 aromatic rings. The monoisotopic (exact) mass is 292 g/mol. The Hall–Kier alpha value is -2.04. The summed E-state index contributed by atoms with van der Waals surface area (Å²) in [7, 11) is 0. The molecule has 5 heteroatoms. The van der Waals surface area contributed by atoms with E-state index < -0.39 is 11.9 Å². The minimum absolute atomic E-state index is 0.188. The van der Waals surface area contributed by atoms with Gasteiger partial charge in [0.15, 0.2) is 0 Å². The Bertz CT molecular complexity index is 448. The van der Waals surface area contributed by atoms with E-state index in [1.165, 1.54) is 0 Å². The van der Waals surface area contributed by atoms with E-state index in [2.05, 4.69) is 10.9 Å². The number of carboxylic acids is 1. The van der Waals surface area contributed by atoms with Crippen molar-refractivity contribution in [3.8, 4) is 0 Å². The average molecular weight is 292 g/mol. The quantitative estimate of drug-likeness (QED) is 0.611. The molecule has 0 saturated heterocycles. The lowest BCUT2D eigenvalue weighted by Crippen LogP contribution is -2.33. The molecule has 0 radical (unpaired) electrons. The largest absolute Gasteiger partial charge is 0.481 e. The van der Waals surface area contributed by atoms with Crippen LogP contribution in [0.4, 0.5) is 5.69 Å². The summed E-state index contributed by atoms with van der Waals surface area (Å²) in [6.07, 6.45) is 2.64. The van der Waals surface area contributed by atoms with E-state index >= 15 is 0 Å². The van der Waals surface area contributed by atoms with Gasteiger partial charge in [0.05, 0.1) is 11.6 Å². The van der Waals surface area contributed by atoms with Crippen molar-refractivity contribution in [3.05, 3.63) is 30.3 Å². The summed E-state index contributed by atoms with van der Waals surface area (Å²) in [4.78, 5) is 23.1. The van der Waals surface area contributed by atoms with Gasteiger partial charge in [-0.15, -0.1) is 0 Å².